The smallest absolute Gasteiger partial charge is 0.295 e. The number of rotatable bonds is 6. The summed E-state index contributed by atoms with van der Waals surface area (Å²) in [5, 5.41) is 11.1. The number of ketones is 1. The molecule has 0 aromatic heterocycles. The molecule has 4 rings (SSSR count). The third-order valence-electron chi connectivity index (χ3n) is 5.81. The van der Waals surface area contributed by atoms with Crippen molar-refractivity contribution in [2.24, 2.45) is 0 Å². The van der Waals surface area contributed by atoms with Crippen molar-refractivity contribution in [2.45, 2.75) is 25.0 Å². The van der Waals surface area contributed by atoms with Crippen LogP contribution in [0, 0.1) is 5.82 Å². The summed E-state index contributed by atoms with van der Waals surface area (Å²) >= 11 is 0. The zero-order valence-electron chi connectivity index (χ0n) is 17.8. The van der Waals surface area contributed by atoms with E-state index in [1.165, 1.54) is 49.5 Å². The van der Waals surface area contributed by atoms with Gasteiger partial charge in [-0.05, 0) is 48.7 Å². The first-order valence-electron chi connectivity index (χ1n) is 10.3. The fourth-order valence-corrected chi connectivity index (χ4v) is 4.21. The van der Waals surface area contributed by atoms with Gasteiger partial charge in [-0.15, -0.1) is 0 Å². The van der Waals surface area contributed by atoms with E-state index in [9.17, 15) is 19.1 Å². The molecule has 0 radical (unpaired) electrons. The number of aliphatic hydroxyl groups excluding tert-OH is 1. The van der Waals surface area contributed by atoms with Gasteiger partial charge in [-0.2, -0.15) is 0 Å². The van der Waals surface area contributed by atoms with E-state index in [0.29, 0.717) is 29.2 Å². The average molecular weight is 441 g/mol. The molecule has 2 aromatic carbocycles. The van der Waals surface area contributed by atoms with Gasteiger partial charge in [0, 0.05) is 18.7 Å². The topological polar surface area (TPSA) is 85.3 Å². The van der Waals surface area contributed by atoms with E-state index >= 15 is 0 Å². The predicted molar refractivity (Wildman–Crippen MR) is 114 cm³/mol. The maximum atomic E-state index is 13.6. The molecule has 2 atom stereocenters. The van der Waals surface area contributed by atoms with Crippen molar-refractivity contribution in [3.05, 3.63) is 65.0 Å². The van der Waals surface area contributed by atoms with Crippen LogP contribution in [-0.2, 0) is 14.3 Å². The van der Waals surface area contributed by atoms with Gasteiger partial charge in [0.2, 0.25) is 0 Å². The number of hydrogen-bond donors (Lipinski definition) is 1. The van der Waals surface area contributed by atoms with Crippen molar-refractivity contribution in [1.82, 2.24) is 4.90 Å². The number of carbonyl (C=O) groups excluding carboxylic acids is 2. The summed E-state index contributed by atoms with van der Waals surface area (Å²) in [7, 11) is 2.95. The number of halogens is 1. The fraction of sp³-hybridized carbons (Fsp3) is 0.333. The molecular formula is C24H24FNO6. The lowest BCUT2D eigenvalue weighted by Gasteiger charge is -2.27. The van der Waals surface area contributed by atoms with E-state index in [4.69, 9.17) is 14.2 Å². The Morgan fingerprint density at radius 2 is 1.84 bits per heavy atom. The molecule has 168 valence electrons. The zero-order chi connectivity index (χ0) is 22.8. The van der Waals surface area contributed by atoms with Crippen molar-refractivity contribution in [2.75, 3.05) is 27.4 Å². The first kappa shape index (κ1) is 21.8. The van der Waals surface area contributed by atoms with Gasteiger partial charge in [-0.25, -0.2) is 4.39 Å². The minimum atomic E-state index is -0.868. The molecule has 2 fully saturated rings. The second-order valence-electron chi connectivity index (χ2n) is 7.71. The molecule has 2 heterocycles. The Morgan fingerprint density at radius 1 is 1.12 bits per heavy atom. The highest BCUT2D eigenvalue weighted by molar-refractivity contribution is 6.46. The number of amides is 1. The summed E-state index contributed by atoms with van der Waals surface area (Å²) in [4.78, 5) is 27.4. The maximum Gasteiger partial charge on any atom is 0.295 e. The van der Waals surface area contributed by atoms with Crippen LogP contribution < -0.4 is 9.47 Å². The monoisotopic (exact) mass is 441 g/mol. The maximum absolute atomic E-state index is 13.6. The Hall–Kier alpha value is -3.39. The molecule has 7 nitrogen and oxygen atoms in total. The minimum Gasteiger partial charge on any atom is -0.507 e. The van der Waals surface area contributed by atoms with E-state index in [1.54, 1.807) is 12.1 Å². The summed E-state index contributed by atoms with van der Waals surface area (Å²) in [6, 6.07) is 9.38. The molecule has 0 aliphatic carbocycles. The highest BCUT2D eigenvalue weighted by atomic mass is 19.1. The number of likely N-dealkylation sites (tertiary alicyclic amines) is 1. The number of ether oxygens (including phenoxy) is 3. The van der Waals surface area contributed by atoms with Crippen molar-refractivity contribution >= 4 is 17.4 Å². The first-order valence-corrected chi connectivity index (χ1v) is 10.3. The molecule has 1 N–H and O–H groups in total. The minimum absolute atomic E-state index is 0.0631. The van der Waals surface area contributed by atoms with E-state index in [-0.39, 0.29) is 24.0 Å². The summed E-state index contributed by atoms with van der Waals surface area (Å²) in [5.41, 5.74) is 0.752. The second-order valence-corrected chi connectivity index (χ2v) is 7.71. The van der Waals surface area contributed by atoms with Gasteiger partial charge >= 0.3 is 0 Å². The number of hydrogen-bond acceptors (Lipinski definition) is 6. The van der Waals surface area contributed by atoms with Gasteiger partial charge < -0.3 is 24.2 Å². The van der Waals surface area contributed by atoms with Crippen LogP contribution in [0.4, 0.5) is 4.39 Å². The third-order valence-corrected chi connectivity index (χ3v) is 5.81. The van der Waals surface area contributed by atoms with Crippen molar-refractivity contribution in [1.29, 1.82) is 0 Å². The highest BCUT2D eigenvalue weighted by Crippen LogP contribution is 2.41. The largest absolute Gasteiger partial charge is 0.507 e. The van der Waals surface area contributed by atoms with Crippen molar-refractivity contribution < 1.29 is 33.3 Å². The van der Waals surface area contributed by atoms with Crippen LogP contribution in [0.1, 0.15) is 30.0 Å². The summed E-state index contributed by atoms with van der Waals surface area (Å²) in [5.74, 6) is -1.49. The van der Waals surface area contributed by atoms with Crippen LogP contribution in [0.5, 0.6) is 11.5 Å². The first-order chi connectivity index (χ1) is 15.4. The molecule has 2 aliphatic rings. The van der Waals surface area contributed by atoms with Crippen LogP contribution in [0.15, 0.2) is 48.0 Å². The number of aliphatic hydroxyl groups is 1. The summed E-state index contributed by atoms with van der Waals surface area (Å²) in [6.07, 6.45) is 1.45. The third kappa shape index (κ3) is 3.93. The molecule has 8 heteroatoms. The van der Waals surface area contributed by atoms with Crippen LogP contribution in [0.25, 0.3) is 5.76 Å². The molecule has 32 heavy (non-hydrogen) atoms. The number of carbonyl (C=O) groups is 2. The lowest BCUT2D eigenvalue weighted by atomic mass is 9.95. The molecule has 2 aliphatic heterocycles. The SMILES string of the molecule is COc1ccc(/C(O)=C2/C(=O)C(=O)N(CC3CCCO3)C2c2ccc(F)cc2)cc1OC. The van der Waals surface area contributed by atoms with Crippen molar-refractivity contribution in [3.8, 4) is 11.5 Å². The molecule has 2 unspecified atom stereocenters. The molecule has 2 saturated heterocycles. The normalized spacial score (nSPS) is 22.4. The van der Waals surface area contributed by atoms with E-state index in [1.807, 2.05) is 0 Å². The standard InChI is InChI=1S/C24H24FNO6/c1-30-18-10-7-15(12-19(18)31-2)22(27)20-21(14-5-8-16(25)9-6-14)26(24(29)23(20)28)13-17-4-3-11-32-17/h5-10,12,17,21,27H,3-4,11,13H2,1-2H3/b22-20-. The Kier molecular flexibility index (Phi) is 6.14. The quantitative estimate of drug-likeness (QED) is 0.420. The molecule has 0 bridgehead atoms. The van der Waals surface area contributed by atoms with Crippen LogP contribution >= 0.6 is 0 Å². The van der Waals surface area contributed by atoms with Gasteiger partial charge in [0.15, 0.2) is 11.5 Å². The fourth-order valence-electron chi connectivity index (χ4n) is 4.21. The van der Waals surface area contributed by atoms with Crippen LogP contribution in [0.2, 0.25) is 0 Å². The van der Waals surface area contributed by atoms with E-state index in [0.717, 1.165) is 12.8 Å². The Balaban J connectivity index is 1.83. The zero-order valence-corrected chi connectivity index (χ0v) is 17.8. The lowest BCUT2D eigenvalue weighted by Crippen LogP contribution is -2.36. The molecule has 1 amide bonds. The molecule has 2 aromatic rings. The van der Waals surface area contributed by atoms with Crippen LogP contribution in [0.3, 0.4) is 0 Å². The van der Waals surface area contributed by atoms with Gasteiger partial charge in [-0.1, -0.05) is 12.1 Å². The second kappa shape index (κ2) is 9.00. The Bertz CT molecular complexity index is 1060. The average Bonchev–Trinajstić information content (AvgIpc) is 3.41. The predicted octanol–water partition coefficient (Wildman–Crippen LogP) is 3.44. The molecular weight excluding hydrogens is 417 g/mol. The van der Waals surface area contributed by atoms with Gasteiger partial charge in [-0.3, -0.25) is 9.59 Å². The summed E-state index contributed by atoms with van der Waals surface area (Å²) in [6.45, 7) is 0.802. The van der Waals surface area contributed by atoms with Gasteiger partial charge in [0.1, 0.15) is 11.6 Å². The lowest BCUT2D eigenvalue weighted by molar-refractivity contribution is -0.140. The van der Waals surface area contributed by atoms with Gasteiger partial charge in [0.25, 0.3) is 11.7 Å². The van der Waals surface area contributed by atoms with E-state index < -0.39 is 23.5 Å². The van der Waals surface area contributed by atoms with E-state index in [2.05, 4.69) is 0 Å². The van der Waals surface area contributed by atoms with Crippen molar-refractivity contribution in [3.63, 3.8) is 0 Å². The molecule has 0 spiro atoms. The summed E-state index contributed by atoms with van der Waals surface area (Å²) < 4.78 is 29.8. The number of nitrogens with zero attached hydrogens (tertiary/aromatic N) is 1. The number of benzene rings is 2. The highest BCUT2D eigenvalue weighted by Gasteiger charge is 2.47. The van der Waals surface area contributed by atoms with Gasteiger partial charge in [0.05, 0.1) is 31.9 Å². The van der Waals surface area contributed by atoms with Crippen LogP contribution in [-0.4, -0.2) is 55.2 Å². The Morgan fingerprint density at radius 3 is 2.47 bits per heavy atom. The number of methoxy groups -OCH3 is 2. The Labute approximate surface area is 185 Å². The molecule has 0 saturated carbocycles. The number of Topliss-reactive ketones (excluding diaryl/α,β-unsaturated/α-hetero) is 1.